The maximum absolute atomic E-state index is 13.3. The van der Waals surface area contributed by atoms with Crippen LogP contribution in [0.4, 0.5) is 5.82 Å². The normalized spacial score (nSPS) is 17.3. The molecule has 6 heteroatoms. The van der Waals surface area contributed by atoms with E-state index in [9.17, 15) is 9.59 Å². The molecular weight excluding hydrogens is 400 g/mol. The predicted octanol–water partition coefficient (Wildman–Crippen LogP) is 4.06. The summed E-state index contributed by atoms with van der Waals surface area (Å²) in [6.07, 6.45) is 0. The van der Waals surface area contributed by atoms with Crippen molar-refractivity contribution in [2.75, 3.05) is 5.32 Å². The van der Waals surface area contributed by atoms with E-state index in [-0.39, 0.29) is 17.7 Å². The van der Waals surface area contributed by atoms with Crippen molar-refractivity contribution in [1.82, 2.24) is 15.1 Å². The molecule has 1 aliphatic heterocycles. The number of aromatic nitrogens is 2. The van der Waals surface area contributed by atoms with Crippen molar-refractivity contribution < 1.29 is 9.59 Å². The van der Waals surface area contributed by atoms with Gasteiger partial charge < -0.3 is 10.6 Å². The number of anilines is 1. The van der Waals surface area contributed by atoms with Gasteiger partial charge in [-0.25, -0.2) is 4.68 Å². The first-order valence-electron chi connectivity index (χ1n) is 10.5. The van der Waals surface area contributed by atoms with Crippen LogP contribution in [0.25, 0.3) is 5.69 Å². The second-order valence-corrected chi connectivity index (χ2v) is 7.79. The van der Waals surface area contributed by atoms with E-state index in [1.807, 2.05) is 73.7 Å². The number of benzene rings is 3. The molecule has 1 aliphatic rings. The van der Waals surface area contributed by atoms with Crippen LogP contribution < -0.4 is 10.6 Å². The lowest BCUT2D eigenvalue weighted by Crippen LogP contribution is -2.50. The van der Waals surface area contributed by atoms with Gasteiger partial charge in [0.05, 0.1) is 11.4 Å². The minimum absolute atomic E-state index is 0.271. The summed E-state index contributed by atoms with van der Waals surface area (Å²) < 4.78 is 1.76. The van der Waals surface area contributed by atoms with Gasteiger partial charge in [0.25, 0.3) is 5.91 Å². The fourth-order valence-electron chi connectivity index (χ4n) is 4.28. The van der Waals surface area contributed by atoms with Crippen LogP contribution in [-0.2, 0) is 4.79 Å². The minimum Gasteiger partial charge on any atom is -0.339 e. The zero-order valence-electron chi connectivity index (χ0n) is 17.5. The molecule has 3 aromatic carbocycles. The van der Waals surface area contributed by atoms with Gasteiger partial charge in [0.2, 0.25) is 5.91 Å². The van der Waals surface area contributed by atoms with E-state index in [2.05, 4.69) is 10.6 Å². The van der Waals surface area contributed by atoms with Crippen LogP contribution in [0.3, 0.4) is 0 Å². The molecule has 0 aliphatic carbocycles. The average Bonchev–Trinajstić information content (AvgIpc) is 3.16. The molecule has 0 saturated carbocycles. The Morgan fingerprint density at radius 2 is 1.50 bits per heavy atom. The maximum atomic E-state index is 13.3. The second kappa shape index (κ2) is 8.15. The summed E-state index contributed by atoms with van der Waals surface area (Å²) in [6.45, 7) is 1.93. The molecule has 2 amide bonds. The first-order valence-corrected chi connectivity index (χ1v) is 10.5. The van der Waals surface area contributed by atoms with Gasteiger partial charge in [-0.05, 0) is 36.8 Å². The number of rotatable bonds is 4. The Bertz CT molecular complexity index is 1270. The van der Waals surface area contributed by atoms with Gasteiger partial charge in [-0.2, -0.15) is 5.10 Å². The molecule has 2 heterocycles. The van der Waals surface area contributed by atoms with Crippen molar-refractivity contribution in [2.24, 2.45) is 0 Å². The molecule has 0 fully saturated rings. The van der Waals surface area contributed by atoms with Crippen molar-refractivity contribution in [3.05, 3.63) is 113 Å². The quantitative estimate of drug-likeness (QED) is 0.521. The standard InChI is InChI=1S/C26H22N4O2/c1-17-21-22(18-11-5-2-6-12-18)23(27-25(31)19-13-7-3-8-14-19)26(32)28-24(21)30(29-17)20-15-9-4-10-16-20/h2-16,22-23H,1H3,(H,27,31)(H,28,32). The number of carbonyl (C=O) groups excluding carboxylic acids is 2. The van der Waals surface area contributed by atoms with Gasteiger partial charge in [-0.15, -0.1) is 0 Å². The highest BCUT2D eigenvalue weighted by Gasteiger charge is 2.41. The molecule has 6 nitrogen and oxygen atoms in total. The van der Waals surface area contributed by atoms with Crippen molar-refractivity contribution in [2.45, 2.75) is 18.9 Å². The van der Waals surface area contributed by atoms with E-state index in [0.717, 1.165) is 22.5 Å². The number of amides is 2. The van der Waals surface area contributed by atoms with Gasteiger partial charge in [-0.3, -0.25) is 9.59 Å². The molecule has 0 saturated heterocycles. The summed E-state index contributed by atoms with van der Waals surface area (Å²) in [5.74, 6) is -0.293. The van der Waals surface area contributed by atoms with Crippen LogP contribution in [0.15, 0.2) is 91.0 Å². The highest BCUT2D eigenvalue weighted by Crippen LogP contribution is 2.40. The molecule has 32 heavy (non-hydrogen) atoms. The van der Waals surface area contributed by atoms with Crippen LogP contribution in [0, 0.1) is 6.92 Å². The van der Waals surface area contributed by atoms with E-state index in [0.29, 0.717) is 11.4 Å². The maximum Gasteiger partial charge on any atom is 0.251 e. The van der Waals surface area contributed by atoms with Crippen LogP contribution in [-0.4, -0.2) is 27.6 Å². The topological polar surface area (TPSA) is 76.0 Å². The summed E-state index contributed by atoms with van der Waals surface area (Å²) in [5, 5.41) is 10.7. The number of fused-ring (bicyclic) bond motifs is 1. The molecule has 5 rings (SSSR count). The highest BCUT2D eigenvalue weighted by atomic mass is 16.2. The first-order chi connectivity index (χ1) is 15.6. The van der Waals surface area contributed by atoms with Gasteiger partial charge in [0, 0.05) is 17.0 Å². The Kier molecular flexibility index (Phi) is 5.03. The Labute approximate surface area is 185 Å². The Morgan fingerprint density at radius 1 is 0.906 bits per heavy atom. The largest absolute Gasteiger partial charge is 0.339 e. The van der Waals surface area contributed by atoms with Crippen LogP contribution >= 0.6 is 0 Å². The van der Waals surface area contributed by atoms with E-state index < -0.39 is 6.04 Å². The fourth-order valence-corrected chi connectivity index (χ4v) is 4.28. The van der Waals surface area contributed by atoms with E-state index in [1.54, 1.807) is 28.9 Å². The number of aryl methyl sites for hydroxylation is 1. The van der Waals surface area contributed by atoms with Crippen LogP contribution in [0.2, 0.25) is 0 Å². The number of hydrogen-bond donors (Lipinski definition) is 2. The second-order valence-electron chi connectivity index (χ2n) is 7.79. The number of carbonyl (C=O) groups is 2. The first kappa shape index (κ1) is 19.8. The molecular formula is C26H22N4O2. The summed E-state index contributed by atoms with van der Waals surface area (Å²) in [4.78, 5) is 26.3. The predicted molar refractivity (Wildman–Crippen MR) is 123 cm³/mol. The monoisotopic (exact) mass is 422 g/mol. The minimum atomic E-state index is -0.773. The van der Waals surface area contributed by atoms with Crippen molar-refractivity contribution in [3.8, 4) is 5.69 Å². The summed E-state index contributed by atoms with van der Waals surface area (Å²) >= 11 is 0. The van der Waals surface area contributed by atoms with E-state index in [4.69, 9.17) is 5.10 Å². The van der Waals surface area contributed by atoms with Gasteiger partial charge >= 0.3 is 0 Å². The van der Waals surface area contributed by atoms with Gasteiger partial charge in [-0.1, -0.05) is 66.7 Å². The van der Waals surface area contributed by atoms with Crippen LogP contribution in [0.5, 0.6) is 0 Å². The molecule has 2 unspecified atom stereocenters. The van der Waals surface area contributed by atoms with Crippen molar-refractivity contribution in [1.29, 1.82) is 0 Å². The lowest BCUT2D eigenvalue weighted by atomic mass is 9.82. The van der Waals surface area contributed by atoms with Gasteiger partial charge in [0.15, 0.2) is 0 Å². The van der Waals surface area contributed by atoms with E-state index >= 15 is 0 Å². The summed E-state index contributed by atoms with van der Waals surface area (Å²) in [5.41, 5.74) is 4.01. The third-order valence-corrected chi connectivity index (χ3v) is 5.76. The number of nitrogens with one attached hydrogen (secondary N) is 2. The molecule has 2 atom stereocenters. The Morgan fingerprint density at radius 3 is 2.16 bits per heavy atom. The zero-order chi connectivity index (χ0) is 22.1. The smallest absolute Gasteiger partial charge is 0.251 e. The Balaban J connectivity index is 1.62. The molecule has 4 aromatic rings. The number of hydrogen-bond acceptors (Lipinski definition) is 3. The highest BCUT2D eigenvalue weighted by molar-refractivity contribution is 6.04. The molecule has 0 radical (unpaired) electrons. The molecule has 0 spiro atoms. The molecule has 1 aromatic heterocycles. The summed E-state index contributed by atoms with van der Waals surface area (Å²) in [6, 6.07) is 27.6. The SMILES string of the molecule is Cc1nn(-c2ccccc2)c2c1C(c1ccccc1)C(NC(=O)c1ccccc1)C(=O)N2. The van der Waals surface area contributed by atoms with Crippen LogP contribution in [0.1, 0.15) is 33.1 Å². The fraction of sp³-hybridized carbons (Fsp3) is 0.115. The van der Waals surface area contributed by atoms with Crippen molar-refractivity contribution >= 4 is 17.6 Å². The zero-order valence-corrected chi connectivity index (χ0v) is 17.5. The molecule has 2 N–H and O–H groups in total. The number of para-hydroxylation sites is 1. The van der Waals surface area contributed by atoms with Crippen molar-refractivity contribution in [3.63, 3.8) is 0 Å². The third-order valence-electron chi connectivity index (χ3n) is 5.76. The third kappa shape index (κ3) is 3.46. The molecule has 158 valence electrons. The lowest BCUT2D eigenvalue weighted by Gasteiger charge is -2.32. The van der Waals surface area contributed by atoms with Gasteiger partial charge in [0.1, 0.15) is 11.9 Å². The number of nitrogens with zero attached hydrogens (tertiary/aromatic N) is 2. The van der Waals surface area contributed by atoms with E-state index in [1.165, 1.54) is 0 Å². The summed E-state index contributed by atoms with van der Waals surface area (Å²) in [7, 11) is 0. The molecule has 0 bridgehead atoms. The average molecular weight is 422 g/mol. The lowest BCUT2D eigenvalue weighted by molar-refractivity contribution is -0.118. The Hall–Kier alpha value is -4.19.